The second kappa shape index (κ2) is 4.28. The molecular formula is C10H12N2O2. The van der Waals surface area contributed by atoms with E-state index in [0.29, 0.717) is 12.2 Å². The van der Waals surface area contributed by atoms with Crippen molar-refractivity contribution in [3.63, 3.8) is 0 Å². The van der Waals surface area contributed by atoms with E-state index < -0.39 is 0 Å². The SMILES string of the molecule is O=C(c1ccnnc1)C1CCCOC1. The van der Waals surface area contributed by atoms with Gasteiger partial charge in [0.15, 0.2) is 5.78 Å². The molecular weight excluding hydrogens is 180 g/mol. The molecule has 2 rings (SSSR count). The van der Waals surface area contributed by atoms with Crippen molar-refractivity contribution in [3.8, 4) is 0 Å². The van der Waals surface area contributed by atoms with Crippen LogP contribution in [0.4, 0.5) is 0 Å². The topological polar surface area (TPSA) is 52.1 Å². The average Bonchev–Trinajstić information content (AvgIpc) is 2.30. The molecule has 0 bridgehead atoms. The maximum atomic E-state index is 11.9. The predicted molar refractivity (Wildman–Crippen MR) is 49.9 cm³/mol. The van der Waals surface area contributed by atoms with Crippen LogP contribution >= 0.6 is 0 Å². The number of Topliss-reactive ketones (excluding diaryl/α,β-unsaturated/α-hetero) is 1. The molecule has 74 valence electrons. The molecule has 2 heterocycles. The molecule has 0 saturated carbocycles. The highest BCUT2D eigenvalue weighted by Crippen LogP contribution is 2.17. The highest BCUT2D eigenvalue weighted by Gasteiger charge is 2.22. The number of rotatable bonds is 2. The third-order valence-corrected chi connectivity index (χ3v) is 2.40. The molecule has 1 aliphatic rings. The molecule has 1 aromatic rings. The molecule has 14 heavy (non-hydrogen) atoms. The molecule has 0 spiro atoms. The molecule has 4 heteroatoms. The monoisotopic (exact) mass is 192 g/mol. The normalized spacial score (nSPS) is 21.9. The van der Waals surface area contributed by atoms with Gasteiger partial charge < -0.3 is 4.74 Å². The first-order chi connectivity index (χ1) is 6.88. The first-order valence-corrected chi connectivity index (χ1v) is 4.76. The van der Waals surface area contributed by atoms with Crippen molar-refractivity contribution in [2.24, 2.45) is 5.92 Å². The fourth-order valence-electron chi connectivity index (χ4n) is 1.62. The van der Waals surface area contributed by atoms with Crippen molar-refractivity contribution >= 4 is 5.78 Å². The zero-order valence-electron chi connectivity index (χ0n) is 7.85. The van der Waals surface area contributed by atoms with E-state index in [0.717, 1.165) is 19.4 Å². The minimum Gasteiger partial charge on any atom is -0.381 e. The van der Waals surface area contributed by atoms with Crippen LogP contribution in [0.5, 0.6) is 0 Å². The number of ketones is 1. The van der Waals surface area contributed by atoms with Crippen LogP contribution in [0.3, 0.4) is 0 Å². The standard InChI is InChI=1S/C10H12N2O2/c13-10(8-3-4-11-12-6-8)9-2-1-5-14-7-9/h3-4,6,9H,1-2,5,7H2. The van der Waals surface area contributed by atoms with Crippen LogP contribution in [0, 0.1) is 5.92 Å². The van der Waals surface area contributed by atoms with Crippen LogP contribution in [0.15, 0.2) is 18.5 Å². The highest BCUT2D eigenvalue weighted by molar-refractivity contribution is 5.97. The Morgan fingerprint density at radius 3 is 3.07 bits per heavy atom. The van der Waals surface area contributed by atoms with Crippen LogP contribution in [0.2, 0.25) is 0 Å². The number of hydrogen-bond acceptors (Lipinski definition) is 4. The Labute approximate surface area is 82.3 Å². The Kier molecular flexibility index (Phi) is 2.84. The molecule has 0 radical (unpaired) electrons. The van der Waals surface area contributed by atoms with Crippen LogP contribution in [-0.2, 0) is 4.74 Å². The Morgan fingerprint density at radius 1 is 1.50 bits per heavy atom. The summed E-state index contributed by atoms with van der Waals surface area (Å²) in [5.41, 5.74) is 0.635. The lowest BCUT2D eigenvalue weighted by atomic mass is 9.94. The quantitative estimate of drug-likeness (QED) is 0.658. The van der Waals surface area contributed by atoms with E-state index in [-0.39, 0.29) is 11.7 Å². The van der Waals surface area contributed by atoms with Gasteiger partial charge in [0.1, 0.15) is 0 Å². The van der Waals surface area contributed by atoms with Crippen LogP contribution in [-0.4, -0.2) is 29.2 Å². The van der Waals surface area contributed by atoms with Gasteiger partial charge in [0.05, 0.1) is 19.0 Å². The van der Waals surface area contributed by atoms with E-state index in [2.05, 4.69) is 10.2 Å². The third kappa shape index (κ3) is 1.96. The summed E-state index contributed by atoms with van der Waals surface area (Å²) < 4.78 is 5.27. The lowest BCUT2D eigenvalue weighted by Gasteiger charge is -2.20. The van der Waals surface area contributed by atoms with E-state index in [1.165, 1.54) is 12.4 Å². The Morgan fingerprint density at radius 2 is 2.43 bits per heavy atom. The molecule has 0 N–H and O–H groups in total. The number of aromatic nitrogens is 2. The smallest absolute Gasteiger partial charge is 0.169 e. The molecule has 4 nitrogen and oxygen atoms in total. The summed E-state index contributed by atoms with van der Waals surface area (Å²) in [6.45, 7) is 1.32. The molecule has 1 aromatic heterocycles. The van der Waals surface area contributed by atoms with Gasteiger partial charge in [-0.1, -0.05) is 0 Å². The number of ether oxygens (including phenoxy) is 1. The van der Waals surface area contributed by atoms with Crippen molar-refractivity contribution in [2.75, 3.05) is 13.2 Å². The number of hydrogen-bond donors (Lipinski definition) is 0. The number of nitrogens with zero attached hydrogens (tertiary/aromatic N) is 2. The van der Waals surface area contributed by atoms with Crippen LogP contribution < -0.4 is 0 Å². The largest absolute Gasteiger partial charge is 0.381 e. The van der Waals surface area contributed by atoms with Gasteiger partial charge in [-0.15, -0.1) is 0 Å². The van der Waals surface area contributed by atoms with E-state index in [1.54, 1.807) is 6.07 Å². The summed E-state index contributed by atoms with van der Waals surface area (Å²) in [5.74, 6) is 0.132. The number of carbonyl (C=O) groups is 1. The van der Waals surface area contributed by atoms with Crippen molar-refractivity contribution in [1.82, 2.24) is 10.2 Å². The summed E-state index contributed by atoms with van der Waals surface area (Å²) in [5, 5.41) is 7.33. The summed E-state index contributed by atoms with van der Waals surface area (Å²) in [7, 11) is 0. The van der Waals surface area contributed by atoms with Crippen LogP contribution in [0.1, 0.15) is 23.2 Å². The molecule has 1 fully saturated rings. The lowest BCUT2D eigenvalue weighted by Crippen LogP contribution is -2.25. The molecule has 0 aromatic carbocycles. The van der Waals surface area contributed by atoms with Gasteiger partial charge in [-0.05, 0) is 18.9 Å². The van der Waals surface area contributed by atoms with Crippen molar-refractivity contribution < 1.29 is 9.53 Å². The van der Waals surface area contributed by atoms with Crippen molar-refractivity contribution in [1.29, 1.82) is 0 Å². The highest BCUT2D eigenvalue weighted by atomic mass is 16.5. The summed E-state index contributed by atoms with van der Waals surface area (Å²) in [6, 6.07) is 1.70. The first-order valence-electron chi connectivity index (χ1n) is 4.76. The summed E-state index contributed by atoms with van der Waals surface area (Å²) in [6.07, 6.45) is 4.93. The Bertz CT molecular complexity index is 307. The molecule has 1 unspecified atom stereocenters. The van der Waals surface area contributed by atoms with Gasteiger partial charge >= 0.3 is 0 Å². The van der Waals surface area contributed by atoms with E-state index in [9.17, 15) is 4.79 Å². The van der Waals surface area contributed by atoms with E-state index >= 15 is 0 Å². The zero-order valence-corrected chi connectivity index (χ0v) is 7.85. The van der Waals surface area contributed by atoms with E-state index in [1.807, 2.05) is 0 Å². The fraction of sp³-hybridized carbons (Fsp3) is 0.500. The van der Waals surface area contributed by atoms with Gasteiger partial charge in [-0.3, -0.25) is 4.79 Å². The molecule has 0 aliphatic carbocycles. The molecule has 1 aliphatic heterocycles. The minimum atomic E-state index is 0.00736. The first kappa shape index (κ1) is 9.27. The van der Waals surface area contributed by atoms with Gasteiger partial charge in [0, 0.05) is 18.1 Å². The fourth-order valence-corrected chi connectivity index (χ4v) is 1.62. The maximum absolute atomic E-state index is 11.9. The van der Waals surface area contributed by atoms with E-state index in [4.69, 9.17) is 4.74 Å². The van der Waals surface area contributed by atoms with Gasteiger partial charge in [-0.25, -0.2) is 0 Å². The predicted octanol–water partition coefficient (Wildman–Crippen LogP) is 1.09. The maximum Gasteiger partial charge on any atom is 0.169 e. The summed E-state index contributed by atoms with van der Waals surface area (Å²) in [4.78, 5) is 11.9. The number of carbonyl (C=O) groups excluding carboxylic acids is 1. The Balaban J connectivity index is 2.07. The second-order valence-corrected chi connectivity index (χ2v) is 3.41. The lowest BCUT2D eigenvalue weighted by molar-refractivity contribution is 0.0461. The third-order valence-electron chi connectivity index (χ3n) is 2.40. The van der Waals surface area contributed by atoms with Gasteiger partial charge in [-0.2, -0.15) is 10.2 Å². The van der Waals surface area contributed by atoms with Crippen molar-refractivity contribution in [3.05, 3.63) is 24.0 Å². The average molecular weight is 192 g/mol. The molecule has 1 atom stereocenters. The van der Waals surface area contributed by atoms with Crippen molar-refractivity contribution in [2.45, 2.75) is 12.8 Å². The Hall–Kier alpha value is -1.29. The van der Waals surface area contributed by atoms with Gasteiger partial charge in [0.25, 0.3) is 0 Å². The molecule has 1 saturated heterocycles. The van der Waals surface area contributed by atoms with Gasteiger partial charge in [0.2, 0.25) is 0 Å². The zero-order chi connectivity index (χ0) is 9.80. The van der Waals surface area contributed by atoms with Crippen LogP contribution in [0.25, 0.3) is 0 Å². The molecule has 0 amide bonds. The second-order valence-electron chi connectivity index (χ2n) is 3.41. The summed E-state index contributed by atoms with van der Waals surface area (Å²) >= 11 is 0. The minimum absolute atomic E-state index is 0.00736.